The van der Waals surface area contributed by atoms with E-state index < -0.39 is 0 Å². The second-order valence-corrected chi connectivity index (χ2v) is 8.26. The highest BCUT2D eigenvalue weighted by Crippen LogP contribution is 2.30. The molecule has 0 N–H and O–H groups in total. The fourth-order valence-electron chi connectivity index (χ4n) is 3.58. The molecule has 156 valence electrons. The Labute approximate surface area is 179 Å². The lowest BCUT2D eigenvalue weighted by Gasteiger charge is -2.31. The number of rotatable bonds is 6. The molecule has 0 unspecified atom stereocenters. The van der Waals surface area contributed by atoms with Crippen LogP contribution < -0.4 is 4.74 Å². The number of hydrogen-bond acceptors (Lipinski definition) is 6. The van der Waals surface area contributed by atoms with Gasteiger partial charge < -0.3 is 14.4 Å². The third-order valence-corrected chi connectivity index (χ3v) is 6.24. The van der Waals surface area contributed by atoms with Crippen LogP contribution in [0.2, 0.25) is 0 Å². The van der Waals surface area contributed by atoms with Crippen LogP contribution in [0.1, 0.15) is 19.8 Å². The first-order valence-corrected chi connectivity index (χ1v) is 11.0. The first kappa shape index (κ1) is 20.3. The Morgan fingerprint density at radius 1 is 1.17 bits per heavy atom. The van der Waals surface area contributed by atoms with Gasteiger partial charge in [-0.15, -0.1) is 11.3 Å². The number of carbonyl (C=O) groups is 2. The van der Waals surface area contributed by atoms with Crippen LogP contribution in [0.3, 0.4) is 0 Å². The summed E-state index contributed by atoms with van der Waals surface area (Å²) in [7, 11) is 0. The molecule has 1 aromatic heterocycles. The average molecular weight is 425 g/mol. The Morgan fingerprint density at radius 3 is 2.73 bits per heavy atom. The van der Waals surface area contributed by atoms with Crippen LogP contribution in [0.25, 0.3) is 20.8 Å². The molecule has 1 atom stereocenters. The van der Waals surface area contributed by atoms with Gasteiger partial charge in [-0.1, -0.05) is 12.1 Å². The first-order chi connectivity index (χ1) is 14.6. The van der Waals surface area contributed by atoms with Gasteiger partial charge in [0.05, 0.1) is 22.7 Å². The number of aromatic nitrogens is 1. The van der Waals surface area contributed by atoms with Gasteiger partial charge in [-0.2, -0.15) is 0 Å². The number of likely N-dealkylation sites (tertiary alicyclic amines) is 1. The number of benzene rings is 2. The summed E-state index contributed by atoms with van der Waals surface area (Å²) in [6, 6.07) is 15.7. The minimum absolute atomic E-state index is 0.0456. The first-order valence-electron chi connectivity index (χ1n) is 10.2. The van der Waals surface area contributed by atoms with Crippen molar-refractivity contribution in [1.82, 2.24) is 9.88 Å². The fraction of sp³-hybridized carbons (Fsp3) is 0.348. The smallest absolute Gasteiger partial charge is 0.310 e. The maximum Gasteiger partial charge on any atom is 0.310 e. The summed E-state index contributed by atoms with van der Waals surface area (Å²) in [6.45, 7) is 3.15. The lowest BCUT2D eigenvalue weighted by Crippen LogP contribution is -2.44. The minimum Gasteiger partial charge on any atom is -0.484 e. The van der Waals surface area contributed by atoms with Crippen LogP contribution >= 0.6 is 11.3 Å². The molecule has 1 aliphatic heterocycles. The second kappa shape index (κ2) is 9.26. The minimum atomic E-state index is -0.240. The molecule has 2 heterocycles. The summed E-state index contributed by atoms with van der Waals surface area (Å²) in [6.07, 6.45) is 1.56. The maximum atomic E-state index is 12.5. The van der Waals surface area contributed by atoms with E-state index in [2.05, 4.69) is 11.1 Å². The standard InChI is InChI=1S/C23H24N2O4S/c1-2-28-23(27)17-6-5-13-25(14-17)21(26)15-29-18-11-9-16(10-12-18)22-24-19-7-3-4-8-20(19)30-22/h3-4,7-12,17H,2,5-6,13-15H2,1H3/t17-/m1/s1. The predicted octanol–water partition coefficient (Wildman–Crippen LogP) is 4.14. The maximum absolute atomic E-state index is 12.5. The highest BCUT2D eigenvalue weighted by Gasteiger charge is 2.29. The highest BCUT2D eigenvalue weighted by molar-refractivity contribution is 7.21. The zero-order chi connectivity index (χ0) is 20.9. The van der Waals surface area contributed by atoms with E-state index in [-0.39, 0.29) is 24.4 Å². The molecule has 2 aromatic carbocycles. The van der Waals surface area contributed by atoms with E-state index in [0.717, 1.165) is 33.6 Å². The lowest BCUT2D eigenvalue weighted by molar-refractivity contribution is -0.151. The van der Waals surface area contributed by atoms with E-state index in [0.29, 0.717) is 25.4 Å². The molecule has 4 rings (SSSR count). The van der Waals surface area contributed by atoms with E-state index in [4.69, 9.17) is 9.47 Å². The van der Waals surface area contributed by atoms with Crippen LogP contribution in [-0.4, -0.2) is 48.1 Å². The summed E-state index contributed by atoms with van der Waals surface area (Å²) in [4.78, 5) is 30.8. The van der Waals surface area contributed by atoms with Crippen LogP contribution in [0.4, 0.5) is 0 Å². The van der Waals surface area contributed by atoms with E-state index in [9.17, 15) is 9.59 Å². The summed E-state index contributed by atoms with van der Waals surface area (Å²) in [5.41, 5.74) is 2.01. The van der Waals surface area contributed by atoms with Gasteiger partial charge in [-0.05, 0) is 56.2 Å². The normalized spacial score (nSPS) is 16.4. The Morgan fingerprint density at radius 2 is 1.97 bits per heavy atom. The van der Waals surface area contributed by atoms with Crippen molar-refractivity contribution in [2.75, 3.05) is 26.3 Å². The summed E-state index contributed by atoms with van der Waals surface area (Å²) < 4.78 is 11.9. The van der Waals surface area contributed by atoms with E-state index in [1.165, 1.54) is 0 Å². The molecule has 1 aliphatic rings. The number of para-hydroxylation sites is 1. The van der Waals surface area contributed by atoms with Crippen molar-refractivity contribution < 1.29 is 19.1 Å². The highest BCUT2D eigenvalue weighted by atomic mass is 32.1. The van der Waals surface area contributed by atoms with Crippen molar-refractivity contribution in [3.63, 3.8) is 0 Å². The zero-order valence-corrected chi connectivity index (χ0v) is 17.7. The van der Waals surface area contributed by atoms with Gasteiger partial charge in [0, 0.05) is 18.7 Å². The van der Waals surface area contributed by atoms with Crippen LogP contribution in [0.15, 0.2) is 48.5 Å². The molecule has 0 saturated carbocycles. The second-order valence-electron chi connectivity index (χ2n) is 7.23. The van der Waals surface area contributed by atoms with Crippen molar-refractivity contribution in [3.8, 4) is 16.3 Å². The number of thiazole rings is 1. The topological polar surface area (TPSA) is 68.7 Å². The van der Waals surface area contributed by atoms with Gasteiger partial charge >= 0.3 is 5.97 Å². The Kier molecular flexibility index (Phi) is 6.28. The summed E-state index contributed by atoms with van der Waals surface area (Å²) in [5, 5.41) is 0.956. The molecule has 0 spiro atoms. The fourth-order valence-corrected chi connectivity index (χ4v) is 4.55. The number of ether oxygens (including phenoxy) is 2. The molecular weight excluding hydrogens is 400 g/mol. The van der Waals surface area contributed by atoms with Crippen LogP contribution in [0.5, 0.6) is 5.75 Å². The number of carbonyl (C=O) groups excluding carboxylic acids is 2. The van der Waals surface area contributed by atoms with Gasteiger partial charge in [0.15, 0.2) is 6.61 Å². The summed E-state index contributed by atoms with van der Waals surface area (Å²) >= 11 is 1.65. The molecule has 0 aliphatic carbocycles. The van der Waals surface area contributed by atoms with E-state index in [1.807, 2.05) is 42.5 Å². The number of amides is 1. The molecule has 1 fully saturated rings. The molecule has 6 nitrogen and oxygen atoms in total. The number of esters is 1. The van der Waals surface area contributed by atoms with Crippen LogP contribution in [-0.2, 0) is 14.3 Å². The molecule has 1 saturated heterocycles. The van der Waals surface area contributed by atoms with Gasteiger partial charge in [-0.25, -0.2) is 4.98 Å². The molecule has 1 amide bonds. The van der Waals surface area contributed by atoms with E-state index >= 15 is 0 Å². The largest absolute Gasteiger partial charge is 0.484 e. The van der Waals surface area contributed by atoms with Gasteiger partial charge in [0.1, 0.15) is 10.8 Å². The Bertz CT molecular complexity index is 998. The van der Waals surface area contributed by atoms with Crippen molar-refractivity contribution in [2.24, 2.45) is 5.92 Å². The van der Waals surface area contributed by atoms with Crippen molar-refractivity contribution >= 4 is 33.4 Å². The molecule has 3 aromatic rings. The van der Waals surface area contributed by atoms with Crippen molar-refractivity contribution in [3.05, 3.63) is 48.5 Å². The lowest BCUT2D eigenvalue weighted by atomic mass is 9.98. The predicted molar refractivity (Wildman–Crippen MR) is 116 cm³/mol. The number of nitrogens with zero attached hydrogens (tertiary/aromatic N) is 2. The summed E-state index contributed by atoms with van der Waals surface area (Å²) in [5.74, 6) is 0.0588. The van der Waals surface area contributed by atoms with Gasteiger partial charge in [0.25, 0.3) is 5.91 Å². The Balaban J connectivity index is 1.33. The Hall–Kier alpha value is -2.93. The van der Waals surface area contributed by atoms with Crippen molar-refractivity contribution in [1.29, 1.82) is 0 Å². The monoisotopic (exact) mass is 424 g/mol. The SMILES string of the molecule is CCOC(=O)[C@@H]1CCCN(C(=O)COc2ccc(-c3nc4ccccc4s3)cc2)C1. The molecule has 0 radical (unpaired) electrons. The van der Waals surface area contributed by atoms with E-state index in [1.54, 1.807) is 23.2 Å². The van der Waals surface area contributed by atoms with Gasteiger partial charge in [0.2, 0.25) is 0 Å². The third kappa shape index (κ3) is 4.62. The number of hydrogen-bond donors (Lipinski definition) is 0. The zero-order valence-electron chi connectivity index (χ0n) is 16.9. The third-order valence-electron chi connectivity index (χ3n) is 5.15. The molecular formula is C23H24N2O4S. The molecule has 7 heteroatoms. The van der Waals surface area contributed by atoms with Crippen molar-refractivity contribution in [2.45, 2.75) is 19.8 Å². The number of fused-ring (bicyclic) bond motifs is 1. The molecule has 0 bridgehead atoms. The van der Waals surface area contributed by atoms with Gasteiger partial charge in [-0.3, -0.25) is 9.59 Å². The number of piperidine rings is 1. The quantitative estimate of drug-likeness (QED) is 0.556. The van der Waals surface area contributed by atoms with Crippen LogP contribution in [0, 0.1) is 5.92 Å². The molecule has 30 heavy (non-hydrogen) atoms. The average Bonchev–Trinajstić information content (AvgIpc) is 3.22.